The molecule has 0 amide bonds. The summed E-state index contributed by atoms with van der Waals surface area (Å²) in [5.74, 6) is 1.05. The van der Waals surface area contributed by atoms with Crippen molar-refractivity contribution in [3.05, 3.63) is 59.7 Å². The monoisotopic (exact) mass is 282 g/mol. The maximum Gasteiger partial charge on any atom is 0.123 e. The van der Waals surface area contributed by atoms with Crippen LogP contribution in [0.2, 0.25) is 0 Å². The Morgan fingerprint density at radius 3 is 2.62 bits per heavy atom. The van der Waals surface area contributed by atoms with Gasteiger partial charge in [-0.2, -0.15) is 0 Å². The van der Waals surface area contributed by atoms with Crippen LogP contribution in [-0.2, 0) is 13.0 Å². The molecule has 0 saturated carbocycles. The SMILES string of the molecule is CCN(Cc1ccc(N)cc1)CC1Cc2ccccc2O1. The number of nitrogen functional groups attached to an aromatic ring is 1. The van der Waals surface area contributed by atoms with E-state index in [1.807, 2.05) is 18.2 Å². The third-order valence-corrected chi connectivity index (χ3v) is 4.01. The zero-order valence-corrected chi connectivity index (χ0v) is 12.5. The van der Waals surface area contributed by atoms with E-state index in [0.29, 0.717) is 0 Å². The van der Waals surface area contributed by atoms with Crippen molar-refractivity contribution in [2.75, 3.05) is 18.8 Å². The Morgan fingerprint density at radius 1 is 1.14 bits per heavy atom. The second kappa shape index (κ2) is 6.19. The summed E-state index contributed by atoms with van der Waals surface area (Å²) >= 11 is 0. The fraction of sp³-hybridized carbons (Fsp3) is 0.333. The normalized spacial score (nSPS) is 16.8. The zero-order valence-electron chi connectivity index (χ0n) is 12.5. The lowest BCUT2D eigenvalue weighted by atomic mass is 10.1. The van der Waals surface area contributed by atoms with Crippen LogP contribution in [0.4, 0.5) is 5.69 Å². The number of hydrogen-bond donors (Lipinski definition) is 1. The number of nitrogens with two attached hydrogens (primary N) is 1. The highest BCUT2D eigenvalue weighted by atomic mass is 16.5. The summed E-state index contributed by atoms with van der Waals surface area (Å²) in [4.78, 5) is 2.42. The van der Waals surface area contributed by atoms with E-state index in [1.165, 1.54) is 11.1 Å². The highest BCUT2D eigenvalue weighted by molar-refractivity contribution is 5.39. The first-order valence-electron chi connectivity index (χ1n) is 7.56. The van der Waals surface area contributed by atoms with Crippen molar-refractivity contribution in [2.45, 2.75) is 26.0 Å². The third-order valence-electron chi connectivity index (χ3n) is 4.01. The van der Waals surface area contributed by atoms with Crippen molar-refractivity contribution in [3.8, 4) is 5.75 Å². The molecule has 3 rings (SSSR count). The van der Waals surface area contributed by atoms with Crippen molar-refractivity contribution in [3.63, 3.8) is 0 Å². The quantitative estimate of drug-likeness (QED) is 0.856. The van der Waals surface area contributed by atoms with Crippen molar-refractivity contribution in [2.24, 2.45) is 0 Å². The van der Waals surface area contributed by atoms with E-state index in [2.05, 4.69) is 42.2 Å². The molecule has 0 bridgehead atoms. The van der Waals surface area contributed by atoms with Gasteiger partial charge in [0.1, 0.15) is 11.9 Å². The highest BCUT2D eigenvalue weighted by Gasteiger charge is 2.24. The number of hydrogen-bond acceptors (Lipinski definition) is 3. The largest absolute Gasteiger partial charge is 0.488 e. The number of benzene rings is 2. The average Bonchev–Trinajstić information content (AvgIpc) is 2.91. The second-order valence-corrected chi connectivity index (χ2v) is 5.62. The lowest BCUT2D eigenvalue weighted by Crippen LogP contribution is -2.34. The first kappa shape index (κ1) is 14.0. The molecule has 0 aromatic heterocycles. The molecule has 1 heterocycles. The molecule has 1 aliphatic rings. The molecule has 1 unspecified atom stereocenters. The Labute approximate surface area is 126 Å². The standard InChI is InChI=1S/C18H22N2O/c1-2-20(12-14-7-9-16(19)10-8-14)13-17-11-15-5-3-4-6-18(15)21-17/h3-10,17H,2,11-13,19H2,1H3. The molecule has 1 aliphatic heterocycles. The Balaban J connectivity index is 1.60. The number of para-hydroxylation sites is 1. The lowest BCUT2D eigenvalue weighted by Gasteiger charge is -2.24. The van der Waals surface area contributed by atoms with Gasteiger partial charge in [-0.3, -0.25) is 4.90 Å². The van der Waals surface area contributed by atoms with Crippen LogP contribution in [0.1, 0.15) is 18.1 Å². The number of ether oxygens (including phenoxy) is 1. The van der Waals surface area contributed by atoms with E-state index in [0.717, 1.165) is 37.5 Å². The summed E-state index contributed by atoms with van der Waals surface area (Å²) in [7, 11) is 0. The molecule has 0 saturated heterocycles. The molecule has 3 nitrogen and oxygen atoms in total. The molecule has 1 atom stereocenters. The maximum absolute atomic E-state index is 6.03. The van der Waals surface area contributed by atoms with Gasteiger partial charge in [0.25, 0.3) is 0 Å². The van der Waals surface area contributed by atoms with E-state index in [4.69, 9.17) is 10.5 Å². The van der Waals surface area contributed by atoms with Gasteiger partial charge in [-0.05, 0) is 35.9 Å². The lowest BCUT2D eigenvalue weighted by molar-refractivity contribution is 0.150. The van der Waals surface area contributed by atoms with Gasteiger partial charge in [0.2, 0.25) is 0 Å². The summed E-state index contributed by atoms with van der Waals surface area (Å²) in [6.45, 7) is 5.10. The number of likely N-dealkylation sites (N-methyl/N-ethyl adjacent to an activating group) is 1. The van der Waals surface area contributed by atoms with Crippen molar-refractivity contribution >= 4 is 5.69 Å². The maximum atomic E-state index is 6.03. The first-order valence-corrected chi connectivity index (χ1v) is 7.56. The van der Waals surface area contributed by atoms with Crippen LogP contribution in [-0.4, -0.2) is 24.1 Å². The van der Waals surface area contributed by atoms with E-state index in [1.54, 1.807) is 0 Å². The van der Waals surface area contributed by atoms with Crippen molar-refractivity contribution < 1.29 is 4.74 Å². The summed E-state index contributed by atoms with van der Waals surface area (Å²) in [6, 6.07) is 16.5. The summed E-state index contributed by atoms with van der Waals surface area (Å²) in [5, 5.41) is 0. The molecule has 2 aromatic rings. The molecule has 2 N–H and O–H groups in total. The summed E-state index contributed by atoms with van der Waals surface area (Å²) in [5.41, 5.74) is 9.17. The molecule has 0 spiro atoms. The first-order chi connectivity index (χ1) is 10.2. The Bertz CT molecular complexity index is 569. The van der Waals surface area contributed by atoms with Crippen LogP contribution < -0.4 is 10.5 Å². The predicted octanol–water partition coefficient (Wildman–Crippen LogP) is 3.09. The van der Waals surface area contributed by atoms with E-state index in [9.17, 15) is 0 Å². The van der Waals surface area contributed by atoms with E-state index in [-0.39, 0.29) is 6.10 Å². The number of anilines is 1. The fourth-order valence-electron chi connectivity index (χ4n) is 2.83. The summed E-state index contributed by atoms with van der Waals surface area (Å²) < 4.78 is 6.03. The fourth-order valence-corrected chi connectivity index (χ4v) is 2.83. The number of rotatable bonds is 5. The van der Waals surface area contributed by atoms with Crippen LogP contribution in [0, 0.1) is 0 Å². The van der Waals surface area contributed by atoms with E-state index >= 15 is 0 Å². The Hall–Kier alpha value is -2.00. The molecule has 3 heteroatoms. The van der Waals surface area contributed by atoms with Gasteiger partial charge < -0.3 is 10.5 Å². The minimum Gasteiger partial charge on any atom is -0.488 e. The molecule has 2 aromatic carbocycles. The van der Waals surface area contributed by atoms with Crippen molar-refractivity contribution in [1.29, 1.82) is 0 Å². The highest BCUT2D eigenvalue weighted by Crippen LogP contribution is 2.28. The average molecular weight is 282 g/mol. The Kier molecular flexibility index (Phi) is 4.11. The minimum atomic E-state index is 0.260. The van der Waals surface area contributed by atoms with E-state index < -0.39 is 0 Å². The molecule has 0 radical (unpaired) electrons. The van der Waals surface area contributed by atoms with Crippen LogP contribution in [0.3, 0.4) is 0 Å². The smallest absolute Gasteiger partial charge is 0.123 e. The molecular weight excluding hydrogens is 260 g/mol. The van der Waals surface area contributed by atoms with Gasteiger partial charge in [-0.15, -0.1) is 0 Å². The zero-order chi connectivity index (χ0) is 14.7. The van der Waals surface area contributed by atoms with Gasteiger partial charge in [0.05, 0.1) is 0 Å². The molecule has 21 heavy (non-hydrogen) atoms. The third kappa shape index (κ3) is 3.37. The predicted molar refractivity (Wildman–Crippen MR) is 86.4 cm³/mol. The van der Waals surface area contributed by atoms with Crippen LogP contribution in [0.15, 0.2) is 48.5 Å². The molecular formula is C18H22N2O. The topological polar surface area (TPSA) is 38.5 Å². The molecule has 110 valence electrons. The van der Waals surface area contributed by atoms with Crippen molar-refractivity contribution in [1.82, 2.24) is 4.90 Å². The number of nitrogens with zero attached hydrogens (tertiary/aromatic N) is 1. The van der Waals surface area contributed by atoms with Crippen LogP contribution in [0.5, 0.6) is 5.75 Å². The second-order valence-electron chi connectivity index (χ2n) is 5.62. The minimum absolute atomic E-state index is 0.260. The van der Waals surface area contributed by atoms with Crippen LogP contribution >= 0.6 is 0 Å². The van der Waals surface area contributed by atoms with Gasteiger partial charge >= 0.3 is 0 Å². The van der Waals surface area contributed by atoms with Gasteiger partial charge in [-0.25, -0.2) is 0 Å². The summed E-state index contributed by atoms with van der Waals surface area (Å²) in [6.07, 6.45) is 1.27. The Morgan fingerprint density at radius 2 is 1.90 bits per heavy atom. The molecule has 0 aliphatic carbocycles. The van der Waals surface area contributed by atoms with Crippen LogP contribution in [0.25, 0.3) is 0 Å². The van der Waals surface area contributed by atoms with Gasteiger partial charge in [0.15, 0.2) is 0 Å². The van der Waals surface area contributed by atoms with Gasteiger partial charge in [0, 0.05) is 25.2 Å². The van der Waals surface area contributed by atoms with Gasteiger partial charge in [-0.1, -0.05) is 37.3 Å². The molecule has 0 fully saturated rings. The number of fused-ring (bicyclic) bond motifs is 1.